The van der Waals surface area contributed by atoms with E-state index in [1.54, 1.807) is 22.8 Å². The number of alkyl halides is 6. The number of hydrogen-bond donors (Lipinski definition) is 0. The number of likely N-dealkylation sites (N-methyl/N-ethyl adjacent to an activating group) is 1. The quantitative estimate of drug-likeness (QED) is 0.350. The number of benzene rings is 2. The number of piperidine rings is 1. The SMILES string of the molecule is Cc1cc(F)ccc1[C@H]1C[C@H](CC(=O)N2CCOCC2)CCN1C(=O)N(C)CCc1cc(C(F)(F)F)cc(C(F)(F)F)c1. The van der Waals surface area contributed by atoms with E-state index in [9.17, 15) is 40.3 Å². The van der Waals surface area contributed by atoms with Gasteiger partial charge in [0.05, 0.1) is 30.4 Å². The van der Waals surface area contributed by atoms with Crippen LogP contribution in [0.1, 0.15) is 53.1 Å². The van der Waals surface area contributed by atoms with Crippen LogP contribution in [0.15, 0.2) is 36.4 Å². The fourth-order valence-corrected chi connectivity index (χ4v) is 5.72. The number of halogens is 7. The number of urea groups is 1. The minimum absolute atomic E-state index is 0.000846. The van der Waals surface area contributed by atoms with Gasteiger partial charge in [0.1, 0.15) is 5.82 Å². The maximum Gasteiger partial charge on any atom is 0.416 e. The molecule has 2 aromatic rings. The molecule has 2 atom stereocenters. The monoisotopic (exact) mass is 617 g/mol. The first-order chi connectivity index (χ1) is 20.1. The maximum absolute atomic E-state index is 13.9. The van der Waals surface area contributed by atoms with Gasteiger partial charge in [0.15, 0.2) is 0 Å². The first-order valence-corrected chi connectivity index (χ1v) is 14.0. The third-order valence-corrected chi connectivity index (χ3v) is 8.08. The summed E-state index contributed by atoms with van der Waals surface area (Å²) in [6.45, 7) is 3.82. The fraction of sp³-hybridized carbons (Fsp3) is 0.533. The van der Waals surface area contributed by atoms with Crippen LogP contribution in [0.4, 0.5) is 35.5 Å². The Balaban J connectivity index is 1.50. The number of rotatable bonds is 6. The zero-order valence-corrected chi connectivity index (χ0v) is 23.9. The first-order valence-electron chi connectivity index (χ1n) is 14.0. The molecule has 2 aliphatic heterocycles. The molecule has 0 bridgehead atoms. The second kappa shape index (κ2) is 13.1. The summed E-state index contributed by atoms with van der Waals surface area (Å²) < 4.78 is 99.0. The summed E-state index contributed by atoms with van der Waals surface area (Å²) in [6, 6.07) is 4.68. The summed E-state index contributed by atoms with van der Waals surface area (Å²) in [7, 11) is 1.43. The highest BCUT2D eigenvalue weighted by molar-refractivity contribution is 5.77. The molecule has 2 fully saturated rings. The van der Waals surface area contributed by atoms with Gasteiger partial charge in [-0.05, 0) is 79.1 Å². The van der Waals surface area contributed by atoms with E-state index >= 15 is 0 Å². The second-order valence-corrected chi connectivity index (χ2v) is 11.2. The molecule has 2 saturated heterocycles. The van der Waals surface area contributed by atoms with E-state index in [2.05, 4.69) is 0 Å². The van der Waals surface area contributed by atoms with Crippen LogP contribution in [0.3, 0.4) is 0 Å². The number of aryl methyl sites for hydroxylation is 1. The molecule has 4 rings (SSSR count). The van der Waals surface area contributed by atoms with Gasteiger partial charge in [0, 0.05) is 39.6 Å². The van der Waals surface area contributed by atoms with Gasteiger partial charge in [-0.3, -0.25) is 4.79 Å². The fourth-order valence-electron chi connectivity index (χ4n) is 5.72. The number of nitrogens with zero attached hydrogens (tertiary/aromatic N) is 3. The molecule has 0 aliphatic carbocycles. The zero-order valence-electron chi connectivity index (χ0n) is 23.9. The molecule has 2 heterocycles. The number of amides is 3. The van der Waals surface area contributed by atoms with E-state index in [1.807, 2.05) is 0 Å². The highest BCUT2D eigenvalue weighted by Gasteiger charge is 2.38. The molecule has 0 saturated carbocycles. The Morgan fingerprint density at radius 1 is 0.953 bits per heavy atom. The Morgan fingerprint density at radius 3 is 2.16 bits per heavy atom. The number of hydrogen-bond acceptors (Lipinski definition) is 3. The van der Waals surface area contributed by atoms with Crippen molar-refractivity contribution in [3.05, 3.63) is 70.0 Å². The third-order valence-electron chi connectivity index (χ3n) is 8.08. The van der Waals surface area contributed by atoms with Gasteiger partial charge in [0.25, 0.3) is 0 Å². The minimum atomic E-state index is -4.97. The van der Waals surface area contributed by atoms with E-state index in [-0.39, 0.29) is 49.4 Å². The predicted octanol–water partition coefficient (Wildman–Crippen LogP) is 6.47. The van der Waals surface area contributed by atoms with Crippen molar-refractivity contribution in [2.24, 2.45) is 5.92 Å². The van der Waals surface area contributed by atoms with Gasteiger partial charge >= 0.3 is 18.4 Å². The summed E-state index contributed by atoms with van der Waals surface area (Å²) >= 11 is 0. The first kappa shape index (κ1) is 32.6. The molecule has 2 aromatic carbocycles. The van der Waals surface area contributed by atoms with Gasteiger partial charge in [-0.2, -0.15) is 26.3 Å². The maximum atomic E-state index is 13.9. The third kappa shape index (κ3) is 8.18. The van der Waals surface area contributed by atoms with Crippen molar-refractivity contribution >= 4 is 11.9 Å². The lowest BCUT2D eigenvalue weighted by Gasteiger charge is -2.42. The molecular formula is C30H34F7N3O3. The standard InChI is InChI=1S/C30H34F7N3O3/c1-19-13-24(31)3-4-25(19)26-16-21(17-27(41)39-9-11-43-12-10-39)6-8-40(26)28(42)38(2)7-5-20-14-22(29(32,33)34)18-23(15-20)30(35,36)37/h3-4,13-15,18,21,26H,5-12,16-17H2,1-2H3/t21-,26-/m1/s1. The second-order valence-electron chi connectivity index (χ2n) is 11.2. The molecule has 0 N–H and O–H groups in total. The highest BCUT2D eigenvalue weighted by Crippen LogP contribution is 2.39. The molecule has 0 radical (unpaired) electrons. The largest absolute Gasteiger partial charge is 0.416 e. The van der Waals surface area contributed by atoms with Crippen LogP contribution < -0.4 is 0 Å². The molecule has 3 amide bonds. The number of carbonyl (C=O) groups excluding carboxylic acids is 2. The lowest BCUT2D eigenvalue weighted by molar-refractivity contribution is -0.143. The summed E-state index contributed by atoms with van der Waals surface area (Å²) in [5, 5.41) is 0. The lowest BCUT2D eigenvalue weighted by Crippen LogP contribution is -2.48. The molecular weight excluding hydrogens is 583 g/mol. The van der Waals surface area contributed by atoms with Crippen LogP contribution in [0.2, 0.25) is 0 Å². The normalized spacial score (nSPS) is 19.8. The summed E-state index contributed by atoms with van der Waals surface area (Å²) in [6.07, 6.45) is -8.93. The van der Waals surface area contributed by atoms with Gasteiger partial charge in [-0.25, -0.2) is 9.18 Å². The molecule has 2 aliphatic rings. The smallest absolute Gasteiger partial charge is 0.378 e. The van der Waals surface area contributed by atoms with Gasteiger partial charge < -0.3 is 19.4 Å². The van der Waals surface area contributed by atoms with E-state index in [4.69, 9.17) is 4.74 Å². The molecule has 43 heavy (non-hydrogen) atoms. The molecule has 0 aromatic heterocycles. The van der Waals surface area contributed by atoms with Gasteiger partial charge in [-0.1, -0.05) is 6.07 Å². The Labute approximate surface area is 245 Å². The van der Waals surface area contributed by atoms with Crippen LogP contribution in [-0.2, 0) is 28.3 Å². The van der Waals surface area contributed by atoms with Crippen molar-refractivity contribution in [3.63, 3.8) is 0 Å². The van der Waals surface area contributed by atoms with Crippen LogP contribution in [-0.4, -0.2) is 73.1 Å². The summed E-state index contributed by atoms with van der Waals surface area (Å²) in [5.74, 6) is -0.491. The van der Waals surface area contributed by atoms with Crippen molar-refractivity contribution in [1.29, 1.82) is 0 Å². The molecule has 236 valence electrons. The lowest BCUT2D eigenvalue weighted by atomic mass is 9.83. The Kier molecular flexibility index (Phi) is 9.93. The average molecular weight is 618 g/mol. The molecule has 13 heteroatoms. The van der Waals surface area contributed by atoms with E-state index in [0.717, 1.165) is 0 Å². The Bertz CT molecular complexity index is 1280. The highest BCUT2D eigenvalue weighted by atomic mass is 19.4. The average Bonchev–Trinajstić information content (AvgIpc) is 2.95. The Morgan fingerprint density at radius 2 is 1.58 bits per heavy atom. The summed E-state index contributed by atoms with van der Waals surface area (Å²) in [4.78, 5) is 31.2. The van der Waals surface area contributed by atoms with E-state index < -0.39 is 41.4 Å². The predicted molar refractivity (Wildman–Crippen MR) is 143 cm³/mol. The number of ether oxygens (including phenoxy) is 1. The van der Waals surface area contributed by atoms with Gasteiger partial charge in [0.2, 0.25) is 5.91 Å². The van der Waals surface area contributed by atoms with Crippen molar-refractivity contribution in [1.82, 2.24) is 14.7 Å². The van der Waals surface area contributed by atoms with Crippen molar-refractivity contribution in [3.8, 4) is 0 Å². The Hall–Kier alpha value is -3.35. The van der Waals surface area contributed by atoms with Crippen molar-refractivity contribution in [2.45, 2.75) is 51.0 Å². The van der Waals surface area contributed by atoms with Crippen molar-refractivity contribution in [2.75, 3.05) is 46.4 Å². The van der Waals surface area contributed by atoms with Crippen LogP contribution in [0.5, 0.6) is 0 Å². The zero-order chi connectivity index (χ0) is 31.5. The van der Waals surface area contributed by atoms with Crippen LogP contribution in [0.25, 0.3) is 0 Å². The molecule has 0 unspecified atom stereocenters. The number of carbonyl (C=O) groups is 2. The molecule has 0 spiro atoms. The van der Waals surface area contributed by atoms with Gasteiger partial charge in [-0.15, -0.1) is 0 Å². The minimum Gasteiger partial charge on any atom is -0.378 e. The van der Waals surface area contributed by atoms with Crippen LogP contribution in [0, 0.1) is 18.7 Å². The topological polar surface area (TPSA) is 53.1 Å². The van der Waals surface area contributed by atoms with Crippen molar-refractivity contribution < 1.29 is 45.1 Å². The van der Waals surface area contributed by atoms with E-state index in [1.165, 1.54) is 24.1 Å². The number of likely N-dealkylation sites (tertiary alicyclic amines) is 1. The van der Waals surface area contributed by atoms with Crippen LogP contribution >= 0.6 is 0 Å². The number of morpholine rings is 1. The summed E-state index contributed by atoms with van der Waals surface area (Å²) in [5.41, 5.74) is -1.69. The molecule has 6 nitrogen and oxygen atoms in total. The van der Waals surface area contributed by atoms with E-state index in [0.29, 0.717) is 62.4 Å².